The van der Waals surface area contributed by atoms with Gasteiger partial charge in [0, 0.05) is 18.2 Å². The molecule has 0 spiro atoms. The minimum atomic E-state index is -0.629. The number of nitrogens with zero attached hydrogens (tertiary/aromatic N) is 6. The summed E-state index contributed by atoms with van der Waals surface area (Å²) in [5.41, 5.74) is 8.09. The maximum atomic E-state index is 12.5. The molecule has 2 aromatic heterocycles. The van der Waals surface area contributed by atoms with Gasteiger partial charge in [-0.1, -0.05) is 0 Å². The Balaban J connectivity index is 1.26. The first-order chi connectivity index (χ1) is 18.8. The van der Waals surface area contributed by atoms with Crippen molar-refractivity contribution in [2.75, 3.05) is 64.8 Å². The SMILES string of the molecule is CN(C)C1CCN(CCn2nc(-c3ccc(NC(=O)OC4(C)COC4)c4c3OCO4)c3c(N)ncnc32)CC1. The first-order valence-corrected chi connectivity index (χ1v) is 13.2. The predicted octanol–water partition coefficient (Wildman–Crippen LogP) is 2.17. The number of likely N-dealkylation sites (tertiary alicyclic amines) is 1. The van der Waals surface area contributed by atoms with E-state index in [1.807, 2.05) is 17.7 Å². The smallest absolute Gasteiger partial charge is 0.412 e. The molecule has 0 aliphatic carbocycles. The molecule has 5 heterocycles. The number of amides is 1. The summed E-state index contributed by atoms with van der Waals surface area (Å²) in [4.78, 5) is 26.0. The standard InChI is InChI=1S/C26H34N8O5/c1-26(12-36-13-26)39-25(35)30-18-5-4-17(21-22(18)38-15-37-21)20-19-23(27)28-14-29-24(19)34(31-20)11-10-33-8-6-16(7-9-33)32(2)3/h4-5,14,16H,6-13,15H2,1-3H3,(H,30,35)(H2,27,28,29). The molecule has 13 nitrogen and oxygen atoms in total. The van der Waals surface area contributed by atoms with Gasteiger partial charge in [-0.05, 0) is 59.1 Å². The van der Waals surface area contributed by atoms with Crippen molar-refractivity contribution >= 4 is 28.6 Å². The second-order valence-corrected chi connectivity index (χ2v) is 10.7. The van der Waals surface area contributed by atoms with Crippen molar-refractivity contribution in [3.63, 3.8) is 0 Å². The van der Waals surface area contributed by atoms with Gasteiger partial charge in [0.25, 0.3) is 0 Å². The molecule has 0 saturated carbocycles. The molecule has 0 atom stereocenters. The largest absolute Gasteiger partial charge is 0.453 e. The average Bonchev–Trinajstić information content (AvgIpc) is 3.53. The van der Waals surface area contributed by atoms with E-state index >= 15 is 0 Å². The van der Waals surface area contributed by atoms with Crippen molar-refractivity contribution < 1.29 is 23.7 Å². The number of anilines is 2. The third kappa shape index (κ3) is 4.92. The number of carbonyl (C=O) groups is 1. The molecule has 13 heteroatoms. The average molecular weight is 539 g/mol. The van der Waals surface area contributed by atoms with Gasteiger partial charge in [-0.25, -0.2) is 19.4 Å². The lowest BCUT2D eigenvalue weighted by atomic mass is 10.0. The molecular formula is C26H34N8O5. The van der Waals surface area contributed by atoms with Crippen LogP contribution in [0.1, 0.15) is 19.8 Å². The Bertz CT molecular complexity index is 1380. The maximum absolute atomic E-state index is 12.5. The van der Waals surface area contributed by atoms with E-state index in [1.165, 1.54) is 6.33 Å². The molecule has 2 saturated heterocycles. The molecule has 0 bridgehead atoms. The van der Waals surface area contributed by atoms with Gasteiger partial charge in [0.15, 0.2) is 22.7 Å². The number of aromatic nitrogens is 4. The molecular weight excluding hydrogens is 504 g/mol. The number of hydrogen-bond acceptors (Lipinski definition) is 11. The quantitative estimate of drug-likeness (QED) is 0.457. The molecule has 3 aliphatic rings. The Morgan fingerprint density at radius 1 is 1.18 bits per heavy atom. The Kier molecular flexibility index (Phi) is 6.65. The number of carbonyl (C=O) groups excluding carboxylic acids is 1. The number of nitrogens with two attached hydrogens (primary N) is 1. The van der Waals surface area contributed by atoms with Crippen molar-refractivity contribution in [2.24, 2.45) is 0 Å². The van der Waals surface area contributed by atoms with Crippen LogP contribution in [-0.4, -0.2) is 101 Å². The second-order valence-electron chi connectivity index (χ2n) is 10.7. The van der Waals surface area contributed by atoms with Crippen molar-refractivity contribution in [2.45, 2.75) is 38.0 Å². The zero-order chi connectivity index (χ0) is 27.1. The number of benzene rings is 1. The van der Waals surface area contributed by atoms with E-state index in [0.717, 1.165) is 32.5 Å². The Morgan fingerprint density at radius 2 is 1.95 bits per heavy atom. The topological polar surface area (TPSA) is 142 Å². The fourth-order valence-corrected chi connectivity index (χ4v) is 5.36. The summed E-state index contributed by atoms with van der Waals surface area (Å²) in [5.74, 6) is 1.20. The first kappa shape index (κ1) is 25.6. The number of nitrogens with one attached hydrogen (secondary N) is 1. The number of hydrogen-bond donors (Lipinski definition) is 2. The van der Waals surface area contributed by atoms with Gasteiger partial charge >= 0.3 is 6.09 Å². The monoisotopic (exact) mass is 538 g/mol. The summed E-state index contributed by atoms with van der Waals surface area (Å²) in [6, 6.07) is 4.19. The van der Waals surface area contributed by atoms with Crippen molar-refractivity contribution in [3.8, 4) is 22.8 Å². The van der Waals surface area contributed by atoms with Gasteiger partial charge in [0.05, 0.1) is 30.8 Å². The van der Waals surface area contributed by atoms with Crippen molar-refractivity contribution in [3.05, 3.63) is 18.5 Å². The van der Waals surface area contributed by atoms with Gasteiger partial charge in [0.1, 0.15) is 17.8 Å². The van der Waals surface area contributed by atoms with E-state index in [-0.39, 0.29) is 6.79 Å². The third-order valence-corrected chi connectivity index (χ3v) is 7.64. The first-order valence-electron chi connectivity index (χ1n) is 13.2. The van der Waals surface area contributed by atoms with E-state index in [1.54, 1.807) is 6.07 Å². The maximum Gasteiger partial charge on any atom is 0.412 e. The molecule has 3 N–H and O–H groups in total. The lowest BCUT2D eigenvalue weighted by Crippen LogP contribution is -2.51. The zero-order valence-corrected chi connectivity index (χ0v) is 22.5. The van der Waals surface area contributed by atoms with Crippen LogP contribution in [0.25, 0.3) is 22.3 Å². The highest BCUT2D eigenvalue weighted by atomic mass is 16.7. The third-order valence-electron chi connectivity index (χ3n) is 7.64. The second kappa shape index (κ2) is 10.1. The Hall–Kier alpha value is -3.68. The molecule has 208 valence electrons. The molecule has 1 aromatic carbocycles. The highest BCUT2D eigenvalue weighted by Crippen LogP contribution is 2.47. The molecule has 39 heavy (non-hydrogen) atoms. The number of rotatable bonds is 7. The zero-order valence-electron chi connectivity index (χ0n) is 22.5. The van der Waals surface area contributed by atoms with Gasteiger partial charge in [-0.2, -0.15) is 5.10 Å². The fourth-order valence-electron chi connectivity index (χ4n) is 5.36. The van der Waals surface area contributed by atoms with Crippen LogP contribution in [0, 0.1) is 0 Å². The fraction of sp³-hybridized carbons (Fsp3) is 0.538. The van der Waals surface area contributed by atoms with Gasteiger partial charge in [-0.15, -0.1) is 0 Å². The summed E-state index contributed by atoms with van der Waals surface area (Å²) in [7, 11) is 4.29. The van der Waals surface area contributed by atoms with Crippen LogP contribution >= 0.6 is 0 Å². The minimum Gasteiger partial charge on any atom is -0.453 e. The van der Waals surface area contributed by atoms with E-state index in [2.05, 4.69) is 39.2 Å². The summed E-state index contributed by atoms with van der Waals surface area (Å²) in [5, 5.41) is 8.33. The van der Waals surface area contributed by atoms with E-state index < -0.39 is 11.7 Å². The Morgan fingerprint density at radius 3 is 2.67 bits per heavy atom. The van der Waals surface area contributed by atoms with Crippen LogP contribution in [0.5, 0.6) is 11.5 Å². The van der Waals surface area contributed by atoms with Crippen LogP contribution in [0.15, 0.2) is 18.5 Å². The summed E-state index contributed by atoms with van der Waals surface area (Å²) < 4.78 is 24.1. The predicted molar refractivity (Wildman–Crippen MR) is 144 cm³/mol. The van der Waals surface area contributed by atoms with Gasteiger partial charge in [-0.3, -0.25) is 5.32 Å². The molecule has 0 radical (unpaired) electrons. The van der Waals surface area contributed by atoms with E-state index in [4.69, 9.17) is 29.8 Å². The van der Waals surface area contributed by atoms with E-state index in [0.29, 0.717) is 71.1 Å². The van der Waals surface area contributed by atoms with Crippen LogP contribution < -0.4 is 20.5 Å². The summed E-state index contributed by atoms with van der Waals surface area (Å²) in [6.45, 7) is 6.18. The number of fused-ring (bicyclic) bond motifs is 2. The summed E-state index contributed by atoms with van der Waals surface area (Å²) in [6.07, 6.45) is 3.17. The van der Waals surface area contributed by atoms with Crippen LogP contribution in [0.4, 0.5) is 16.3 Å². The van der Waals surface area contributed by atoms with Crippen LogP contribution in [-0.2, 0) is 16.0 Å². The minimum absolute atomic E-state index is 0.00908. The van der Waals surface area contributed by atoms with Crippen LogP contribution in [0.2, 0.25) is 0 Å². The van der Waals surface area contributed by atoms with Gasteiger partial charge < -0.3 is 34.5 Å². The summed E-state index contributed by atoms with van der Waals surface area (Å²) >= 11 is 0. The normalized spacial score (nSPS) is 18.9. The number of nitrogen functional groups attached to an aromatic ring is 1. The number of piperidine rings is 1. The highest BCUT2D eigenvalue weighted by molar-refractivity contribution is 6.01. The van der Waals surface area contributed by atoms with Crippen molar-refractivity contribution in [1.82, 2.24) is 29.5 Å². The molecule has 6 rings (SSSR count). The lowest BCUT2D eigenvalue weighted by molar-refractivity contribution is -0.164. The molecule has 0 unspecified atom stereocenters. The number of ether oxygens (including phenoxy) is 4. The molecule has 3 aromatic rings. The van der Waals surface area contributed by atoms with E-state index in [9.17, 15) is 4.79 Å². The molecule has 3 aliphatic heterocycles. The lowest BCUT2D eigenvalue weighted by Gasteiger charge is -2.36. The molecule has 2 fully saturated rings. The Labute approximate surface area is 226 Å². The van der Waals surface area contributed by atoms with Crippen LogP contribution in [0.3, 0.4) is 0 Å². The highest BCUT2D eigenvalue weighted by Gasteiger charge is 2.38. The molecule has 1 amide bonds. The van der Waals surface area contributed by atoms with Crippen molar-refractivity contribution in [1.29, 1.82) is 0 Å². The van der Waals surface area contributed by atoms with Gasteiger partial charge in [0.2, 0.25) is 6.79 Å².